The number of pyridine rings is 2. The number of hydrogen-bond acceptors (Lipinski definition) is 10. The van der Waals surface area contributed by atoms with Crippen LogP contribution in [0.3, 0.4) is 0 Å². The summed E-state index contributed by atoms with van der Waals surface area (Å²) in [5.74, 6) is 2.29. The summed E-state index contributed by atoms with van der Waals surface area (Å²) in [6, 6.07) is 5.77. The summed E-state index contributed by atoms with van der Waals surface area (Å²) in [6.07, 6.45) is 4.97. The number of halogens is 1. The Bertz CT molecular complexity index is 1250. The highest BCUT2D eigenvalue weighted by molar-refractivity contribution is 6.33. The third-order valence-corrected chi connectivity index (χ3v) is 6.92. The first-order valence-corrected chi connectivity index (χ1v) is 12.9. The molecule has 196 valence electrons. The Morgan fingerprint density at radius 3 is 2.76 bits per heavy atom. The second kappa shape index (κ2) is 11.1. The van der Waals surface area contributed by atoms with Crippen molar-refractivity contribution in [2.45, 2.75) is 18.9 Å². The van der Waals surface area contributed by atoms with Crippen LogP contribution in [0.1, 0.15) is 12.8 Å². The van der Waals surface area contributed by atoms with Gasteiger partial charge < -0.3 is 33.7 Å². The summed E-state index contributed by atoms with van der Waals surface area (Å²) in [5, 5.41) is 4.67. The fourth-order valence-electron chi connectivity index (χ4n) is 4.68. The predicted octanol–water partition coefficient (Wildman–Crippen LogP) is 4.02. The lowest BCUT2D eigenvalue weighted by molar-refractivity contribution is 0.0260. The van der Waals surface area contributed by atoms with Crippen LogP contribution < -0.4 is 24.3 Å². The first-order chi connectivity index (χ1) is 18.2. The topological polar surface area (TPSA) is 96.4 Å². The highest BCUT2D eigenvalue weighted by atomic mass is 35.5. The van der Waals surface area contributed by atoms with E-state index in [4.69, 9.17) is 40.0 Å². The molecule has 0 spiro atoms. The van der Waals surface area contributed by atoms with Gasteiger partial charge in [0, 0.05) is 50.8 Å². The van der Waals surface area contributed by atoms with E-state index in [1.165, 1.54) is 0 Å². The zero-order valence-electron chi connectivity index (χ0n) is 20.4. The Morgan fingerprint density at radius 1 is 1.05 bits per heavy atom. The SMILES string of the molecule is Clc1cnc2c(c1Nc1ccnc3cc(OCCN4CCOCC4)cc(OC4CCOCC4)c13)OCO2. The zero-order valence-corrected chi connectivity index (χ0v) is 21.2. The second-order valence-electron chi connectivity index (χ2n) is 9.05. The Balaban J connectivity index is 1.32. The first-order valence-electron chi connectivity index (χ1n) is 12.6. The van der Waals surface area contributed by atoms with Crippen LogP contribution in [0, 0.1) is 0 Å². The van der Waals surface area contributed by atoms with Gasteiger partial charge in [-0.1, -0.05) is 11.6 Å². The smallest absolute Gasteiger partial charge is 0.262 e. The van der Waals surface area contributed by atoms with Gasteiger partial charge in [-0.25, -0.2) is 4.98 Å². The lowest BCUT2D eigenvalue weighted by Crippen LogP contribution is -2.38. The minimum atomic E-state index is 0.0408. The Morgan fingerprint density at radius 2 is 1.89 bits per heavy atom. The zero-order chi connectivity index (χ0) is 25.0. The van der Waals surface area contributed by atoms with Crippen molar-refractivity contribution < 1.29 is 28.4 Å². The lowest BCUT2D eigenvalue weighted by Gasteiger charge is -2.27. The van der Waals surface area contributed by atoms with Crippen LogP contribution in [0.15, 0.2) is 30.6 Å². The van der Waals surface area contributed by atoms with Gasteiger partial charge in [0.2, 0.25) is 12.5 Å². The van der Waals surface area contributed by atoms with Crippen LogP contribution in [0.4, 0.5) is 11.4 Å². The molecule has 37 heavy (non-hydrogen) atoms. The second-order valence-corrected chi connectivity index (χ2v) is 9.46. The Labute approximate surface area is 219 Å². The fourth-order valence-corrected chi connectivity index (χ4v) is 4.86. The van der Waals surface area contributed by atoms with Crippen molar-refractivity contribution in [2.75, 3.05) is 64.8 Å². The van der Waals surface area contributed by atoms with E-state index in [0.717, 1.165) is 62.3 Å². The van der Waals surface area contributed by atoms with Crippen LogP contribution in [0.25, 0.3) is 10.9 Å². The first kappa shape index (κ1) is 24.3. The van der Waals surface area contributed by atoms with Gasteiger partial charge in [-0.15, -0.1) is 0 Å². The number of aromatic nitrogens is 2. The van der Waals surface area contributed by atoms with Crippen molar-refractivity contribution in [1.82, 2.24) is 14.9 Å². The summed E-state index contributed by atoms with van der Waals surface area (Å²) < 4.78 is 34.7. The normalized spacial score (nSPS) is 18.2. The number of nitrogens with one attached hydrogen (secondary N) is 1. The molecule has 1 aromatic carbocycles. The maximum absolute atomic E-state index is 6.54. The summed E-state index contributed by atoms with van der Waals surface area (Å²) in [5.41, 5.74) is 2.10. The van der Waals surface area contributed by atoms with E-state index in [2.05, 4.69) is 20.2 Å². The molecule has 5 heterocycles. The summed E-state index contributed by atoms with van der Waals surface area (Å²) in [4.78, 5) is 11.2. The number of morpholine rings is 1. The molecule has 1 N–H and O–H groups in total. The molecule has 3 aromatic rings. The molecule has 3 aliphatic heterocycles. The van der Waals surface area contributed by atoms with E-state index >= 15 is 0 Å². The van der Waals surface area contributed by atoms with Gasteiger partial charge in [-0.05, 0) is 6.07 Å². The molecule has 3 aliphatic rings. The largest absolute Gasteiger partial charge is 0.492 e. The van der Waals surface area contributed by atoms with E-state index in [1.807, 2.05) is 18.2 Å². The van der Waals surface area contributed by atoms with Crippen LogP contribution >= 0.6 is 11.6 Å². The van der Waals surface area contributed by atoms with Crippen molar-refractivity contribution in [3.8, 4) is 23.1 Å². The molecular weight excluding hydrogens is 500 g/mol. The summed E-state index contributed by atoms with van der Waals surface area (Å²) in [7, 11) is 0. The molecule has 2 aromatic heterocycles. The van der Waals surface area contributed by atoms with Gasteiger partial charge in [0.05, 0.1) is 54.2 Å². The van der Waals surface area contributed by atoms with Crippen molar-refractivity contribution >= 4 is 33.9 Å². The average molecular weight is 529 g/mol. The van der Waals surface area contributed by atoms with Crippen molar-refractivity contribution in [2.24, 2.45) is 0 Å². The number of rotatable bonds is 8. The molecule has 11 heteroatoms. The molecule has 2 fully saturated rings. The van der Waals surface area contributed by atoms with Crippen LogP contribution in [0.2, 0.25) is 5.02 Å². The third kappa shape index (κ3) is 5.47. The monoisotopic (exact) mass is 528 g/mol. The molecule has 6 rings (SSSR count). The minimum Gasteiger partial charge on any atom is -0.492 e. The van der Waals surface area contributed by atoms with Crippen molar-refractivity contribution in [3.63, 3.8) is 0 Å². The number of benzene rings is 1. The van der Waals surface area contributed by atoms with E-state index in [1.54, 1.807) is 12.4 Å². The highest BCUT2D eigenvalue weighted by Gasteiger charge is 2.24. The average Bonchev–Trinajstić information content (AvgIpc) is 3.41. The van der Waals surface area contributed by atoms with Gasteiger partial charge in [-0.2, -0.15) is 0 Å². The highest BCUT2D eigenvalue weighted by Crippen LogP contribution is 2.45. The van der Waals surface area contributed by atoms with Crippen molar-refractivity contribution in [3.05, 3.63) is 35.6 Å². The van der Waals surface area contributed by atoms with Crippen LogP contribution in [-0.2, 0) is 9.47 Å². The van der Waals surface area contributed by atoms with E-state index in [0.29, 0.717) is 53.7 Å². The van der Waals surface area contributed by atoms with E-state index < -0.39 is 0 Å². The minimum absolute atomic E-state index is 0.0408. The number of ether oxygens (including phenoxy) is 6. The standard InChI is InChI=1S/C26H29ClN4O6/c27-19-15-29-26-25(35-16-36-26)24(19)30-20-1-4-28-21-13-18(34-12-7-31-5-10-33-11-6-31)14-22(23(20)21)37-17-2-8-32-9-3-17/h1,4,13-15,17H,2-3,5-12,16H2,(H,28,29,30). The molecular formula is C26H29ClN4O6. The van der Waals surface area contributed by atoms with Crippen LogP contribution in [-0.4, -0.2) is 80.4 Å². The van der Waals surface area contributed by atoms with E-state index in [-0.39, 0.29) is 12.9 Å². The number of nitrogens with zero attached hydrogens (tertiary/aromatic N) is 3. The molecule has 0 aliphatic carbocycles. The fraction of sp³-hybridized carbons (Fsp3) is 0.462. The van der Waals surface area contributed by atoms with Crippen molar-refractivity contribution in [1.29, 1.82) is 0 Å². The van der Waals surface area contributed by atoms with Gasteiger partial charge in [0.25, 0.3) is 5.88 Å². The molecule has 0 bridgehead atoms. The van der Waals surface area contributed by atoms with Gasteiger partial charge in [-0.3, -0.25) is 9.88 Å². The van der Waals surface area contributed by atoms with Crippen LogP contribution in [0.5, 0.6) is 23.1 Å². The number of hydrogen-bond donors (Lipinski definition) is 1. The number of fused-ring (bicyclic) bond motifs is 2. The molecule has 0 radical (unpaired) electrons. The Hall–Kier alpha value is -3.05. The molecule has 0 atom stereocenters. The molecule has 0 unspecified atom stereocenters. The molecule has 10 nitrogen and oxygen atoms in total. The number of anilines is 2. The molecule has 0 saturated carbocycles. The van der Waals surface area contributed by atoms with E-state index in [9.17, 15) is 0 Å². The van der Waals surface area contributed by atoms with Gasteiger partial charge in [0.15, 0.2) is 0 Å². The van der Waals surface area contributed by atoms with Gasteiger partial charge >= 0.3 is 0 Å². The molecule has 2 saturated heterocycles. The third-order valence-electron chi connectivity index (χ3n) is 6.63. The summed E-state index contributed by atoms with van der Waals surface area (Å²) in [6.45, 7) is 6.22. The van der Waals surface area contributed by atoms with Gasteiger partial charge in [0.1, 0.15) is 29.9 Å². The molecule has 0 amide bonds. The Kier molecular flexibility index (Phi) is 7.31. The quantitative estimate of drug-likeness (QED) is 0.461. The summed E-state index contributed by atoms with van der Waals surface area (Å²) >= 11 is 6.50. The maximum Gasteiger partial charge on any atom is 0.262 e. The lowest BCUT2D eigenvalue weighted by atomic mass is 10.1. The predicted molar refractivity (Wildman–Crippen MR) is 138 cm³/mol. The maximum atomic E-state index is 6.54.